The van der Waals surface area contributed by atoms with Crippen LogP contribution in [0.3, 0.4) is 0 Å². The molecular formula is C21H26N7O2-. The topological polar surface area (TPSA) is 110 Å². The molecule has 2 saturated heterocycles. The van der Waals surface area contributed by atoms with E-state index in [-0.39, 0.29) is 5.56 Å². The summed E-state index contributed by atoms with van der Waals surface area (Å²) in [6.07, 6.45) is 8.67. The smallest absolute Gasteiger partial charge is 0.250 e. The summed E-state index contributed by atoms with van der Waals surface area (Å²) < 4.78 is 0. The fourth-order valence-corrected chi connectivity index (χ4v) is 3.74. The Bertz CT molecular complexity index is 852. The number of carboxylic acid groups (broad SMARTS) is 1. The van der Waals surface area contributed by atoms with Crippen molar-refractivity contribution in [3.63, 3.8) is 0 Å². The highest BCUT2D eigenvalue weighted by Crippen LogP contribution is 2.22. The number of aromatic nitrogens is 3. The largest absolute Gasteiger partial charge is 0.545 e. The van der Waals surface area contributed by atoms with Gasteiger partial charge in [0.05, 0.1) is 12.2 Å². The minimum Gasteiger partial charge on any atom is -0.545 e. The number of anilines is 3. The number of rotatable bonds is 6. The van der Waals surface area contributed by atoms with E-state index in [0.29, 0.717) is 17.8 Å². The number of carbonyl (C=O) groups is 1. The first-order chi connectivity index (χ1) is 14.7. The third kappa shape index (κ3) is 5.03. The summed E-state index contributed by atoms with van der Waals surface area (Å²) in [5, 5.41) is 15.1. The number of hydrogen-bond acceptors (Lipinski definition) is 9. The lowest BCUT2D eigenvalue weighted by Crippen LogP contribution is -2.34. The second kappa shape index (κ2) is 9.51. The van der Waals surface area contributed by atoms with Gasteiger partial charge in [0.1, 0.15) is 0 Å². The van der Waals surface area contributed by atoms with Gasteiger partial charge in [0, 0.05) is 26.2 Å². The summed E-state index contributed by atoms with van der Waals surface area (Å²) in [7, 11) is 0. The molecule has 9 heteroatoms. The third-order valence-electron chi connectivity index (χ3n) is 5.41. The lowest BCUT2D eigenvalue weighted by Gasteiger charge is -2.30. The summed E-state index contributed by atoms with van der Waals surface area (Å²) in [5.74, 6) is 0.605. The fourth-order valence-electron chi connectivity index (χ4n) is 3.74. The van der Waals surface area contributed by atoms with Crippen molar-refractivity contribution in [2.24, 2.45) is 5.10 Å². The predicted molar refractivity (Wildman–Crippen MR) is 114 cm³/mol. The van der Waals surface area contributed by atoms with Crippen LogP contribution in [0.1, 0.15) is 54.4 Å². The van der Waals surface area contributed by atoms with Crippen molar-refractivity contribution in [2.75, 3.05) is 41.4 Å². The maximum absolute atomic E-state index is 10.8. The lowest BCUT2D eigenvalue weighted by atomic mass is 10.1. The van der Waals surface area contributed by atoms with E-state index in [0.717, 1.165) is 57.4 Å². The number of nitrogens with zero attached hydrogens (tertiary/aromatic N) is 6. The predicted octanol–water partition coefficient (Wildman–Crippen LogP) is 1.66. The number of carboxylic acids is 1. The molecule has 0 amide bonds. The van der Waals surface area contributed by atoms with E-state index < -0.39 is 5.97 Å². The summed E-state index contributed by atoms with van der Waals surface area (Å²) in [5.41, 5.74) is 3.81. The van der Waals surface area contributed by atoms with Crippen molar-refractivity contribution < 1.29 is 9.90 Å². The monoisotopic (exact) mass is 408 g/mol. The Balaban J connectivity index is 1.52. The Labute approximate surface area is 175 Å². The molecule has 3 heterocycles. The zero-order valence-corrected chi connectivity index (χ0v) is 17.0. The molecule has 4 rings (SSSR count). The van der Waals surface area contributed by atoms with Crippen LogP contribution in [0.5, 0.6) is 0 Å². The minimum absolute atomic E-state index is 0.134. The zero-order valence-electron chi connectivity index (χ0n) is 17.0. The Hall–Kier alpha value is -3.23. The van der Waals surface area contributed by atoms with Gasteiger partial charge in [-0.05, 0) is 49.7 Å². The van der Waals surface area contributed by atoms with Gasteiger partial charge >= 0.3 is 0 Å². The van der Waals surface area contributed by atoms with Gasteiger partial charge in [-0.15, -0.1) is 0 Å². The SMILES string of the molecule is O=C([O-])c1ccc(/C=N\Nc2nc(N3CCCCC3)nc(N3CCCCC3)n2)cc1. The second-order valence-electron chi connectivity index (χ2n) is 7.63. The van der Waals surface area contributed by atoms with E-state index in [1.54, 1.807) is 18.3 Å². The van der Waals surface area contributed by atoms with Crippen LogP contribution in [0.2, 0.25) is 0 Å². The van der Waals surface area contributed by atoms with Crippen LogP contribution in [0.25, 0.3) is 0 Å². The second-order valence-corrected chi connectivity index (χ2v) is 7.63. The number of benzene rings is 1. The van der Waals surface area contributed by atoms with E-state index in [1.165, 1.54) is 25.0 Å². The average Bonchev–Trinajstić information content (AvgIpc) is 2.80. The summed E-state index contributed by atoms with van der Waals surface area (Å²) in [6.45, 7) is 3.82. The third-order valence-corrected chi connectivity index (χ3v) is 5.41. The molecule has 0 spiro atoms. The number of carbonyl (C=O) groups excluding carboxylic acids is 1. The molecule has 0 unspecified atom stereocenters. The normalized spacial score (nSPS) is 17.3. The number of hydrogen-bond donors (Lipinski definition) is 1. The van der Waals surface area contributed by atoms with Gasteiger partial charge in [0.25, 0.3) is 0 Å². The first-order valence-electron chi connectivity index (χ1n) is 10.6. The first kappa shape index (κ1) is 20.1. The van der Waals surface area contributed by atoms with Crippen molar-refractivity contribution in [3.05, 3.63) is 35.4 Å². The Morgan fingerprint density at radius 3 is 1.90 bits per heavy atom. The molecule has 2 aliphatic rings. The van der Waals surface area contributed by atoms with E-state index in [4.69, 9.17) is 4.98 Å². The van der Waals surface area contributed by atoms with E-state index in [9.17, 15) is 9.90 Å². The molecule has 1 aromatic heterocycles. The van der Waals surface area contributed by atoms with Crippen molar-refractivity contribution in [2.45, 2.75) is 38.5 Å². The molecular weight excluding hydrogens is 382 g/mol. The van der Waals surface area contributed by atoms with Gasteiger partial charge in [-0.2, -0.15) is 20.1 Å². The molecule has 0 aliphatic carbocycles. The van der Waals surface area contributed by atoms with Crippen molar-refractivity contribution in [1.29, 1.82) is 0 Å². The molecule has 0 bridgehead atoms. The Morgan fingerprint density at radius 2 is 1.40 bits per heavy atom. The molecule has 1 aromatic carbocycles. The minimum atomic E-state index is -1.20. The van der Waals surface area contributed by atoms with Crippen LogP contribution < -0.4 is 20.3 Å². The van der Waals surface area contributed by atoms with Crippen LogP contribution in [-0.2, 0) is 0 Å². The van der Waals surface area contributed by atoms with Gasteiger partial charge < -0.3 is 19.7 Å². The molecule has 0 radical (unpaired) electrons. The van der Waals surface area contributed by atoms with Crippen LogP contribution in [0.4, 0.5) is 17.8 Å². The standard InChI is InChI=1S/C21H27N7O2/c29-18(30)17-9-7-16(8-10-17)15-22-26-19-23-20(27-11-3-1-4-12-27)25-21(24-19)28-13-5-2-6-14-28/h7-10,15H,1-6,11-14H2,(H,29,30)(H,23,24,25,26)/p-1/b22-15-. The van der Waals surface area contributed by atoms with Crippen molar-refractivity contribution in [3.8, 4) is 0 Å². The van der Waals surface area contributed by atoms with E-state index in [2.05, 4.69) is 30.3 Å². The fraction of sp³-hybridized carbons (Fsp3) is 0.476. The van der Waals surface area contributed by atoms with Gasteiger partial charge in [-0.3, -0.25) is 0 Å². The summed E-state index contributed by atoms with van der Waals surface area (Å²) in [4.78, 5) is 29.2. The van der Waals surface area contributed by atoms with Crippen molar-refractivity contribution in [1.82, 2.24) is 15.0 Å². The van der Waals surface area contributed by atoms with Gasteiger partial charge in [-0.25, -0.2) is 5.43 Å². The highest BCUT2D eigenvalue weighted by atomic mass is 16.4. The maximum Gasteiger partial charge on any atom is 0.250 e. The van der Waals surface area contributed by atoms with Crippen LogP contribution in [0.15, 0.2) is 29.4 Å². The summed E-state index contributed by atoms with van der Waals surface area (Å²) in [6, 6.07) is 6.31. The molecule has 2 fully saturated rings. The molecule has 0 saturated carbocycles. The number of hydrazone groups is 1. The molecule has 30 heavy (non-hydrogen) atoms. The number of nitrogens with one attached hydrogen (secondary N) is 1. The molecule has 9 nitrogen and oxygen atoms in total. The first-order valence-corrected chi connectivity index (χ1v) is 10.6. The van der Waals surface area contributed by atoms with E-state index in [1.807, 2.05) is 0 Å². The van der Waals surface area contributed by atoms with Gasteiger partial charge in [-0.1, -0.05) is 24.3 Å². The zero-order chi connectivity index (χ0) is 20.8. The van der Waals surface area contributed by atoms with Crippen molar-refractivity contribution >= 4 is 30.0 Å². The van der Waals surface area contributed by atoms with Crippen LogP contribution in [-0.4, -0.2) is 53.3 Å². The highest BCUT2D eigenvalue weighted by Gasteiger charge is 2.20. The quantitative estimate of drug-likeness (QED) is 0.568. The molecule has 1 N–H and O–H groups in total. The van der Waals surface area contributed by atoms with E-state index >= 15 is 0 Å². The Kier molecular flexibility index (Phi) is 6.36. The highest BCUT2D eigenvalue weighted by molar-refractivity contribution is 5.87. The molecule has 0 atom stereocenters. The number of piperidine rings is 2. The van der Waals surface area contributed by atoms with Crippen LogP contribution in [0, 0.1) is 0 Å². The summed E-state index contributed by atoms with van der Waals surface area (Å²) >= 11 is 0. The van der Waals surface area contributed by atoms with Crippen LogP contribution >= 0.6 is 0 Å². The lowest BCUT2D eigenvalue weighted by molar-refractivity contribution is -0.255. The maximum atomic E-state index is 10.8. The average molecular weight is 408 g/mol. The molecule has 158 valence electrons. The Morgan fingerprint density at radius 1 is 0.867 bits per heavy atom. The van der Waals surface area contributed by atoms with Gasteiger partial charge in [0.2, 0.25) is 17.8 Å². The molecule has 2 aromatic rings. The number of aromatic carboxylic acids is 1. The van der Waals surface area contributed by atoms with Gasteiger partial charge in [0.15, 0.2) is 0 Å². The molecule has 2 aliphatic heterocycles.